The number of piperidine rings is 1. The molecule has 0 saturated carbocycles. The molecular weight excluding hydrogens is 433 g/mol. The Labute approximate surface area is 178 Å². The zero-order chi connectivity index (χ0) is 22.8. The fourth-order valence-corrected chi connectivity index (χ4v) is 5.19. The fraction of sp³-hybridized carbons (Fsp3) is 0.400. The topological polar surface area (TPSA) is 82.6 Å². The van der Waals surface area contributed by atoms with Crippen LogP contribution in [-0.2, 0) is 21.0 Å². The van der Waals surface area contributed by atoms with E-state index in [4.69, 9.17) is 0 Å². The van der Waals surface area contributed by atoms with E-state index in [-0.39, 0.29) is 31.8 Å². The number of nitrogens with zero attached hydrogens (tertiary/aromatic N) is 3. The number of amides is 1. The van der Waals surface area contributed by atoms with Gasteiger partial charge in [-0.1, -0.05) is 12.1 Å². The van der Waals surface area contributed by atoms with Crippen LogP contribution in [0.4, 0.5) is 24.7 Å². The van der Waals surface area contributed by atoms with Gasteiger partial charge in [-0.25, -0.2) is 13.4 Å². The van der Waals surface area contributed by atoms with Crippen LogP contribution in [0.15, 0.2) is 47.5 Å². The third-order valence-electron chi connectivity index (χ3n) is 5.10. The van der Waals surface area contributed by atoms with E-state index in [9.17, 15) is 26.4 Å². The van der Waals surface area contributed by atoms with Crippen molar-refractivity contribution in [2.24, 2.45) is 5.92 Å². The van der Waals surface area contributed by atoms with E-state index in [1.165, 1.54) is 6.07 Å². The molecule has 0 bridgehead atoms. The number of halogens is 3. The Bertz CT molecular complexity index is 1050. The van der Waals surface area contributed by atoms with Crippen molar-refractivity contribution in [2.45, 2.75) is 23.9 Å². The van der Waals surface area contributed by atoms with Crippen LogP contribution in [-0.4, -0.2) is 50.8 Å². The summed E-state index contributed by atoms with van der Waals surface area (Å²) in [5.41, 5.74) is -0.658. The van der Waals surface area contributed by atoms with Gasteiger partial charge in [0.2, 0.25) is 15.9 Å². The molecule has 1 fully saturated rings. The van der Waals surface area contributed by atoms with E-state index < -0.39 is 32.6 Å². The van der Waals surface area contributed by atoms with Crippen LogP contribution in [0.1, 0.15) is 18.4 Å². The molecule has 0 aliphatic carbocycles. The van der Waals surface area contributed by atoms with Gasteiger partial charge in [-0.05, 0) is 37.1 Å². The molecule has 11 heteroatoms. The molecule has 1 saturated heterocycles. The second-order valence-electron chi connectivity index (χ2n) is 7.43. The van der Waals surface area contributed by atoms with Crippen molar-refractivity contribution < 1.29 is 26.4 Å². The quantitative estimate of drug-likeness (QED) is 0.747. The first-order valence-electron chi connectivity index (χ1n) is 9.61. The van der Waals surface area contributed by atoms with Gasteiger partial charge in [-0.2, -0.15) is 17.5 Å². The number of hydrogen-bond acceptors (Lipinski definition) is 5. The first-order chi connectivity index (χ1) is 14.5. The monoisotopic (exact) mass is 456 g/mol. The maximum absolute atomic E-state index is 13.3. The number of aromatic nitrogens is 1. The summed E-state index contributed by atoms with van der Waals surface area (Å²) >= 11 is 0. The fourth-order valence-electron chi connectivity index (χ4n) is 3.51. The van der Waals surface area contributed by atoms with Crippen LogP contribution in [0.25, 0.3) is 0 Å². The van der Waals surface area contributed by atoms with Gasteiger partial charge >= 0.3 is 6.18 Å². The number of benzene rings is 1. The summed E-state index contributed by atoms with van der Waals surface area (Å²) < 4.78 is 66.5. The third-order valence-corrected chi connectivity index (χ3v) is 7.06. The van der Waals surface area contributed by atoms with Crippen molar-refractivity contribution in [2.75, 3.05) is 37.4 Å². The van der Waals surface area contributed by atoms with E-state index in [0.29, 0.717) is 11.5 Å². The van der Waals surface area contributed by atoms with Crippen molar-refractivity contribution in [3.63, 3.8) is 0 Å². The highest BCUT2D eigenvalue weighted by Gasteiger charge is 2.40. The lowest BCUT2D eigenvalue weighted by Crippen LogP contribution is -2.42. The molecule has 1 amide bonds. The second-order valence-corrected chi connectivity index (χ2v) is 9.34. The number of sulfonamides is 1. The van der Waals surface area contributed by atoms with Crippen molar-refractivity contribution in [1.29, 1.82) is 0 Å². The highest BCUT2D eigenvalue weighted by molar-refractivity contribution is 7.89. The first kappa shape index (κ1) is 23.0. The number of pyridine rings is 1. The minimum Gasteiger partial charge on any atom is -0.361 e. The molecule has 1 aromatic heterocycles. The number of carbonyl (C=O) groups excluding carboxylic acids is 1. The maximum Gasteiger partial charge on any atom is 0.417 e. The number of hydrogen-bond donors (Lipinski definition) is 1. The molecule has 2 aromatic rings. The van der Waals surface area contributed by atoms with Crippen LogP contribution >= 0.6 is 0 Å². The van der Waals surface area contributed by atoms with Gasteiger partial charge in [0.1, 0.15) is 0 Å². The second kappa shape index (κ2) is 8.83. The van der Waals surface area contributed by atoms with Gasteiger partial charge < -0.3 is 10.2 Å². The molecule has 31 heavy (non-hydrogen) atoms. The van der Waals surface area contributed by atoms with E-state index in [1.807, 2.05) is 0 Å². The molecule has 0 atom stereocenters. The summed E-state index contributed by atoms with van der Waals surface area (Å²) in [7, 11) is -0.753. The van der Waals surface area contributed by atoms with Gasteiger partial charge in [0, 0.05) is 39.3 Å². The van der Waals surface area contributed by atoms with Gasteiger partial charge in [0.05, 0.1) is 16.1 Å². The predicted octanol–water partition coefficient (Wildman–Crippen LogP) is 3.21. The Kier molecular flexibility index (Phi) is 6.56. The summed E-state index contributed by atoms with van der Waals surface area (Å²) in [5.74, 6) is -0.150. The molecule has 7 nitrogen and oxygen atoms in total. The summed E-state index contributed by atoms with van der Waals surface area (Å²) in [6.07, 6.45) is -2.77. The Morgan fingerprint density at radius 1 is 1.13 bits per heavy atom. The molecule has 1 N–H and O–H groups in total. The summed E-state index contributed by atoms with van der Waals surface area (Å²) in [6.45, 7) is -0.0830. The Hall–Kier alpha value is -2.66. The molecule has 3 rings (SSSR count). The predicted molar refractivity (Wildman–Crippen MR) is 110 cm³/mol. The van der Waals surface area contributed by atoms with Crippen LogP contribution < -0.4 is 10.2 Å². The SMILES string of the molecule is CN(C)c1ncccc1NC(=O)C1CCN(S(=O)(=O)c2ccccc2C(F)(F)F)CC1. The van der Waals surface area contributed by atoms with Crippen LogP contribution in [0.2, 0.25) is 0 Å². The lowest BCUT2D eigenvalue weighted by molar-refractivity contribution is -0.139. The average molecular weight is 456 g/mol. The van der Waals surface area contributed by atoms with Crippen LogP contribution in [0.3, 0.4) is 0 Å². The lowest BCUT2D eigenvalue weighted by atomic mass is 9.97. The Morgan fingerprint density at radius 2 is 1.77 bits per heavy atom. The number of nitrogens with one attached hydrogen (secondary N) is 1. The van der Waals surface area contributed by atoms with Crippen molar-refractivity contribution in [3.05, 3.63) is 48.2 Å². The van der Waals surface area contributed by atoms with E-state index >= 15 is 0 Å². The first-order valence-corrected chi connectivity index (χ1v) is 11.1. The molecule has 1 aromatic carbocycles. The zero-order valence-corrected chi connectivity index (χ0v) is 17.9. The Balaban J connectivity index is 1.71. The van der Waals surface area contributed by atoms with Gasteiger partial charge in [-0.15, -0.1) is 0 Å². The smallest absolute Gasteiger partial charge is 0.361 e. The van der Waals surface area contributed by atoms with Gasteiger partial charge in [-0.3, -0.25) is 4.79 Å². The molecule has 0 unspecified atom stereocenters. The lowest BCUT2D eigenvalue weighted by Gasteiger charge is -2.31. The minimum absolute atomic E-state index is 0.0415. The third kappa shape index (κ3) is 4.99. The molecule has 1 aliphatic rings. The normalized spacial score (nSPS) is 16.2. The molecule has 0 radical (unpaired) electrons. The molecule has 2 heterocycles. The molecule has 168 valence electrons. The molecule has 1 aliphatic heterocycles. The minimum atomic E-state index is -4.78. The largest absolute Gasteiger partial charge is 0.417 e. The van der Waals surface area contributed by atoms with Crippen molar-refractivity contribution in [1.82, 2.24) is 9.29 Å². The van der Waals surface area contributed by atoms with E-state index in [2.05, 4.69) is 10.3 Å². The highest BCUT2D eigenvalue weighted by Crippen LogP contribution is 2.36. The average Bonchev–Trinajstić information content (AvgIpc) is 2.73. The van der Waals surface area contributed by atoms with E-state index in [0.717, 1.165) is 22.5 Å². The van der Waals surface area contributed by atoms with Crippen molar-refractivity contribution >= 4 is 27.4 Å². The summed E-state index contributed by atoms with van der Waals surface area (Å²) in [5, 5.41) is 2.82. The van der Waals surface area contributed by atoms with Crippen LogP contribution in [0, 0.1) is 5.92 Å². The number of rotatable bonds is 5. The summed E-state index contributed by atoms with van der Waals surface area (Å²) in [6, 6.07) is 7.53. The highest BCUT2D eigenvalue weighted by atomic mass is 32.2. The van der Waals surface area contributed by atoms with Crippen LogP contribution in [0.5, 0.6) is 0 Å². The zero-order valence-electron chi connectivity index (χ0n) is 17.1. The van der Waals surface area contributed by atoms with Gasteiger partial charge in [0.15, 0.2) is 5.82 Å². The van der Waals surface area contributed by atoms with E-state index in [1.54, 1.807) is 37.3 Å². The maximum atomic E-state index is 13.3. The molecule has 0 spiro atoms. The Morgan fingerprint density at radius 3 is 2.39 bits per heavy atom. The summed E-state index contributed by atoms with van der Waals surface area (Å²) in [4.78, 5) is 17.9. The standard InChI is InChI=1S/C20H23F3N4O3S/c1-26(2)18-16(7-5-11-24-18)25-19(28)14-9-12-27(13-10-14)31(29,30)17-8-4-3-6-15(17)20(21,22)23/h3-8,11,14H,9-10,12-13H2,1-2H3,(H,25,28). The number of anilines is 2. The molecular formula is C20H23F3N4O3S. The number of carbonyl (C=O) groups is 1. The number of alkyl halides is 3. The van der Waals surface area contributed by atoms with Gasteiger partial charge in [0.25, 0.3) is 0 Å². The van der Waals surface area contributed by atoms with Crippen molar-refractivity contribution in [3.8, 4) is 0 Å².